The molecule has 2 aromatic rings. The number of benzene rings is 2. The van der Waals surface area contributed by atoms with E-state index in [1.807, 2.05) is 38.1 Å². The van der Waals surface area contributed by atoms with Crippen LogP contribution in [0, 0.1) is 0 Å². The zero-order valence-electron chi connectivity index (χ0n) is 16.4. The molecular formula is C22H28N2O3. The average molecular weight is 368 g/mol. The summed E-state index contributed by atoms with van der Waals surface area (Å²) in [4.78, 5) is 24.5. The summed E-state index contributed by atoms with van der Waals surface area (Å²) < 4.78 is 5.69. The number of rotatable bonds is 8. The van der Waals surface area contributed by atoms with Crippen LogP contribution in [0.3, 0.4) is 0 Å². The molecule has 0 heterocycles. The maximum Gasteiger partial charge on any atom is 0.262 e. The molecule has 144 valence electrons. The maximum atomic E-state index is 12.2. The van der Waals surface area contributed by atoms with Crippen molar-refractivity contribution in [2.45, 2.75) is 46.1 Å². The third-order valence-corrected chi connectivity index (χ3v) is 4.30. The van der Waals surface area contributed by atoms with Gasteiger partial charge in [-0.1, -0.05) is 45.0 Å². The SMILES string of the molecule is CCC(C)NC(=O)c1cccc(NC(=O)COc2ccccc2C(C)C)c1. The lowest BCUT2D eigenvalue weighted by molar-refractivity contribution is -0.118. The average Bonchev–Trinajstić information content (AvgIpc) is 2.66. The van der Waals surface area contributed by atoms with Crippen molar-refractivity contribution in [1.29, 1.82) is 0 Å². The van der Waals surface area contributed by atoms with Crippen molar-refractivity contribution in [3.63, 3.8) is 0 Å². The van der Waals surface area contributed by atoms with Gasteiger partial charge in [0.25, 0.3) is 11.8 Å². The van der Waals surface area contributed by atoms with E-state index in [0.717, 1.165) is 12.0 Å². The van der Waals surface area contributed by atoms with Crippen LogP contribution in [0.1, 0.15) is 56.0 Å². The predicted molar refractivity (Wildman–Crippen MR) is 108 cm³/mol. The Labute approximate surface area is 161 Å². The Balaban J connectivity index is 1.96. The Kier molecular flexibility index (Phi) is 7.41. The zero-order valence-corrected chi connectivity index (χ0v) is 16.4. The molecule has 2 aromatic carbocycles. The fourth-order valence-corrected chi connectivity index (χ4v) is 2.58. The molecule has 2 N–H and O–H groups in total. The molecule has 0 aliphatic carbocycles. The lowest BCUT2D eigenvalue weighted by Crippen LogP contribution is -2.32. The Morgan fingerprint density at radius 2 is 1.78 bits per heavy atom. The van der Waals surface area contributed by atoms with Crippen LogP contribution in [0.25, 0.3) is 0 Å². The van der Waals surface area contributed by atoms with Gasteiger partial charge in [-0.05, 0) is 49.1 Å². The first-order valence-corrected chi connectivity index (χ1v) is 9.33. The highest BCUT2D eigenvalue weighted by Gasteiger charge is 2.12. The van der Waals surface area contributed by atoms with Crippen molar-refractivity contribution >= 4 is 17.5 Å². The number of nitrogens with one attached hydrogen (secondary N) is 2. The molecule has 2 amide bonds. The van der Waals surface area contributed by atoms with E-state index in [1.165, 1.54) is 0 Å². The second-order valence-corrected chi connectivity index (χ2v) is 6.89. The number of anilines is 1. The maximum absolute atomic E-state index is 12.2. The normalized spacial score (nSPS) is 11.7. The molecule has 0 bridgehead atoms. The number of carbonyl (C=O) groups excluding carboxylic acids is 2. The Bertz CT molecular complexity index is 787. The molecule has 0 aromatic heterocycles. The zero-order chi connectivity index (χ0) is 19.8. The second-order valence-electron chi connectivity index (χ2n) is 6.89. The first kappa shape index (κ1) is 20.5. The molecule has 2 rings (SSSR count). The van der Waals surface area contributed by atoms with Crippen molar-refractivity contribution in [2.75, 3.05) is 11.9 Å². The van der Waals surface area contributed by atoms with E-state index in [0.29, 0.717) is 22.9 Å². The molecule has 0 fully saturated rings. The van der Waals surface area contributed by atoms with E-state index in [9.17, 15) is 9.59 Å². The summed E-state index contributed by atoms with van der Waals surface area (Å²) >= 11 is 0. The van der Waals surface area contributed by atoms with Gasteiger partial charge in [0.15, 0.2) is 6.61 Å². The van der Waals surface area contributed by atoms with Gasteiger partial charge in [0.1, 0.15) is 5.75 Å². The van der Waals surface area contributed by atoms with E-state index < -0.39 is 0 Å². The van der Waals surface area contributed by atoms with Crippen molar-refractivity contribution in [3.8, 4) is 5.75 Å². The van der Waals surface area contributed by atoms with Crippen LogP contribution in [0.5, 0.6) is 5.75 Å². The van der Waals surface area contributed by atoms with Crippen LogP contribution >= 0.6 is 0 Å². The highest BCUT2D eigenvalue weighted by atomic mass is 16.5. The lowest BCUT2D eigenvalue weighted by Gasteiger charge is -2.14. The van der Waals surface area contributed by atoms with Gasteiger partial charge >= 0.3 is 0 Å². The topological polar surface area (TPSA) is 67.4 Å². The summed E-state index contributed by atoms with van der Waals surface area (Å²) in [5, 5.41) is 5.69. The van der Waals surface area contributed by atoms with Gasteiger partial charge in [-0.2, -0.15) is 0 Å². The molecule has 0 aliphatic heterocycles. The molecule has 1 atom stereocenters. The minimum absolute atomic E-state index is 0.0903. The number of para-hydroxylation sites is 1. The monoisotopic (exact) mass is 368 g/mol. The van der Waals surface area contributed by atoms with Gasteiger partial charge in [-0.3, -0.25) is 9.59 Å². The summed E-state index contributed by atoms with van der Waals surface area (Å²) in [6.45, 7) is 8.04. The fraction of sp³-hybridized carbons (Fsp3) is 0.364. The van der Waals surface area contributed by atoms with Gasteiger partial charge in [0.05, 0.1) is 0 Å². The molecule has 0 radical (unpaired) electrons. The molecule has 5 heteroatoms. The minimum atomic E-state index is -0.270. The number of ether oxygens (including phenoxy) is 1. The summed E-state index contributed by atoms with van der Waals surface area (Å²) in [5.41, 5.74) is 2.14. The molecule has 0 saturated carbocycles. The van der Waals surface area contributed by atoms with Gasteiger partial charge in [-0.25, -0.2) is 0 Å². The van der Waals surface area contributed by atoms with Crippen molar-refractivity contribution < 1.29 is 14.3 Å². The van der Waals surface area contributed by atoms with Crippen molar-refractivity contribution in [1.82, 2.24) is 5.32 Å². The first-order chi connectivity index (χ1) is 12.9. The molecular weight excluding hydrogens is 340 g/mol. The standard InChI is InChI=1S/C22H28N2O3/c1-5-16(4)23-22(26)17-9-8-10-18(13-17)24-21(25)14-27-20-12-7-6-11-19(20)15(2)3/h6-13,15-16H,5,14H2,1-4H3,(H,23,26)(H,24,25). The van der Waals surface area contributed by atoms with Crippen molar-refractivity contribution in [2.24, 2.45) is 0 Å². The number of amides is 2. The van der Waals surface area contributed by atoms with Crippen LogP contribution in [-0.4, -0.2) is 24.5 Å². The molecule has 0 saturated heterocycles. The van der Waals surface area contributed by atoms with Gasteiger partial charge in [0, 0.05) is 17.3 Å². The molecule has 5 nitrogen and oxygen atoms in total. The minimum Gasteiger partial charge on any atom is -0.483 e. The Morgan fingerprint density at radius 3 is 2.48 bits per heavy atom. The highest BCUT2D eigenvalue weighted by molar-refractivity contribution is 5.97. The summed E-state index contributed by atoms with van der Waals surface area (Å²) in [5.74, 6) is 0.602. The quantitative estimate of drug-likeness (QED) is 0.728. The Hall–Kier alpha value is -2.82. The summed E-state index contributed by atoms with van der Waals surface area (Å²) in [6.07, 6.45) is 0.858. The van der Waals surface area contributed by atoms with Crippen LogP contribution in [0.2, 0.25) is 0 Å². The summed E-state index contributed by atoms with van der Waals surface area (Å²) in [6, 6.07) is 14.7. The van der Waals surface area contributed by atoms with Crippen LogP contribution < -0.4 is 15.4 Å². The third kappa shape index (κ3) is 6.13. The first-order valence-electron chi connectivity index (χ1n) is 9.33. The van der Waals surface area contributed by atoms with Gasteiger partial charge < -0.3 is 15.4 Å². The predicted octanol–water partition coefficient (Wildman–Crippen LogP) is 4.36. The lowest BCUT2D eigenvalue weighted by atomic mass is 10.0. The largest absolute Gasteiger partial charge is 0.483 e. The number of carbonyl (C=O) groups is 2. The molecule has 1 unspecified atom stereocenters. The third-order valence-electron chi connectivity index (χ3n) is 4.30. The van der Waals surface area contributed by atoms with E-state index in [-0.39, 0.29) is 24.5 Å². The second kappa shape index (κ2) is 9.76. The van der Waals surface area contributed by atoms with E-state index in [2.05, 4.69) is 24.5 Å². The van der Waals surface area contributed by atoms with Crippen LogP contribution in [0.4, 0.5) is 5.69 Å². The molecule has 0 spiro atoms. The fourth-order valence-electron chi connectivity index (χ4n) is 2.58. The smallest absolute Gasteiger partial charge is 0.262 e. The Morgan fingerprint density at radius 1 is 1.04 bits per heavy atom. The van der Waals surface area contributed by atoms with E-state index in [4.69, 9.17) is 4.74 Å². The number of hydrogen-bond donors (Lipinski definition) is 2. The molecule has 0 aliphatic rings. The number of hydrogen-bond acceptors (Lipinski definition) is 3. The summed E-state index contributed by atoms with van der Waals surface area (Å²) in [7, 11) is 0. The van der Waals surface area contributed by atoms with E-state index >= 15 is 0 Å². The van der Waals surface area contributed by atoms with Crippen molar-refractivity contribution in [3.05, 3.63) is 59.7 Å². The van der Waals surface area contributed by atoms with E-state index in [1.54, 1.807) is 24.3 Å². The van der Waals surface area contributed by atoms with Crippen LogP contribution in [-0.2, 0) is 4.79 Å². The van der Waals surface area contributed by atoms with Gasteiger partial charge in [0.2, 0.25) is 0 Å². The van der Waals surface area contributed by atoms with Gasteiger partial charge in [-0.15, -0.1) is 0 Å². The van der Waals surface area contributed by atoms with Crippen LogP contribution in [0.15, 0.2) is 48.5 Å². The molecule has 27 heavy (non-hydrogen) atoms. The highest BCUT2D eigenvalue weighted by Crippen LogP contribution is 2.25.